The molecular formula is C19H28N2O3. The van der Waals surface area contributed by atoms with Crippen molar-refractivity contribution in [2.75, 3.05) is 20.4 Å². The SMILES string of the molecule is CN(C(=O)NCC(C)(C)c1ccc2c(c1)OCO2)C1CCCCC1. The van der Waals surface area contributed by atoms with E-state index in [9.17, 15) is 4.79 Å². The first-order chi connectivity index (χ1) is 11.5. The van der Waals surface area contributed by atoms with Crippen molar-refractivity contribution >= 4 is 6.03 Å². The number of nitrogens with one attached hydrogen (secondary N) is 1. The van der Waals surface area contributed by atoms with E-state index in [0.29, 0.717) is 12.6 Å². The van der Waals surface area contributed by atoms with Gasteiger partial charge in [-0.05, 0) is 30.5 Å². The third-order valence-electron chi connectivity index (χ3n) is 5.28. The summed E-state index contributed by atoms with van der Waals surface area (Å²) >= 11 is 0. The number of rotatable bonds is 4. The van der Waals surface area contributed by atoms with Crippen LogP contribution in [0.2, 0.25) is 0 Å². The first kappa shape index (κ1) is 16.9. The normalized spacial score (nSPS) is 17.6. The van der Waals surface area contributed by atoms with Crippen LogP contribution in [0.25, 0.3) is 0 Å². The van der Waals surface area contributed by atoms with Gasteiger partial charge in [-0.3, -0.25) is 0 Å². The molecule has 24 heavy (non-hydrogen) atoms. The molecule has 1 fully saturated rings. The minimum Gasteiger partial charge on any atom is -0.454 e. The molecule has 1 aromatic rings. The molecule has 3 rings (SSSR count). The quantitative estimate of drug-likeness (QED) is 0.915. The zero-order chi connectivity index (χ0) is 17.2. The molecule has 0 bridgehead atoms. The Labute approximate surface area is 144 Å². The molecule has 132 valence electrons. The molecule has 0 aromatic heterocycles. The Hall–Kier alpha value is -1.91. The number of fused-ring (bicyclic) bond motifs is 1. The van der Waals surface area contributed by atoms with Gasteiger partial charge in [-0.2, -0.15) is 0 Å². The van der Waals surface area contributed by atoms with Crippen molar-refractivity contribution in [3.05, 3.63) is 23.8 Å². The molecule has 5 heteroatoms. The molecule has 0 radical (unpaired) electrons. The lowest BCUT2D eigenvalue weighted by atomic mass is 9.84. The van der Waals surface area contributed by atoms with Crippen molar-refractivity contribution in [1.29, 1.82) is 0 Å². The average molecular weight is 332 g/mol. The molecule has 0 saturated heterocycles. The van der Waals surface area contributed by atoms with Crippen molar-refractivity contribution in [3.63, 3.8) is 0 Å². The van der Waals surface area contributed by atoms with Crippen LogP contribution in [0.3, 0.4) is 0 Å². The molecule has 1 heterocycles. The van der Waals surface area contributed by atoms with E-state index in [2.05, 4.69) is 19.2 Å². The number of ether oxygens (including phenoxy) is 2. The fourth-order valence-corrected chi connectivity index (χ4v) is 3.48. The molecule has 1 aliphatic heterocycles. The minimum atomic E-state index is -0.177. The van der Waals surface area contributed by atoms with Crippen LogP contribution in [0.4, 0.5) is 4.79 Å². The van der Waals surface area contributed by atoms with Crippen LogP contribution in [0.15, 0.2) is 18.2 Å². The van der Waals surface area contributed by atoms with Crippen LogP contribution in [0.5, 0.6) is 11.5 Å². The van der Waals surface area contributed by atoms with E-state index >= 15 is 0 Å². The Morgan fingerprint density at radius 3 is 2.67 bits per heavy atom. The maximum absolute atomic E-state index is 12.5. The Morgan fingerprint density at radius 1 is 1.21 bits per heavy atom. The lowest BCUT2D eigenvalue weighted by Crippen LogP contribution is -2.47. The highest BCUT2D eigenvalue weighted by molar-refractivity contribution is 5.74. The zero-order valence-electron chi connectivity index (χ0n) is 14.9. The predicted molar refractivity (Wildman–Crippen MR) is 93.6 cm³/mol. The Kier molecular flexibility index (Phi) is 4.88. The number of urea groups is 1. The number of carbonyl (C=O) groups excluding carboxylic acids is 1. The third kappa shape index (κ3) is 3.60. The van der Waals surface area contributed by atoms with Gasteiger partial charge >= 0.3 is 6.03 Å². The van der Waals surface area contributed by atoms with Crippen LogP contribution in [-0.4, -0.2) is 37.4 Å². The van der Waals surface area contributed by atoms with Crippen molar-refractivity contribution in [3.8, 4) is 11.5 Å². The lowest BCUT2D eigenvalue weighted by Gasteiger charge is -2.33. The highest BCUT2D eigenvalue weighted by Gasteiger charge is 2.27. The van der Waals surface area contributed by atoms with Crippen molar-refractivity contribution in [2.45, 2.75) is 57.4 Å². The summed E-state index contributed by atoms with van der Waals surface area (Å²) < 4.78 is 10.8. The molecule has 1 aromatic carbocycles. The van der Waals surface area contributed by atoms with Gasteiger partial charge in [0.05, 0.1) is 0 Å². The third-order valence-corrected chi connectivity index (χ3v) is 5.28. The van der Waals surface area contributed by atoms with Gasteiger partial charge in [0.15, 0.2) is 11.5 Å². The van der Waals surface area contributed by atoms with Gasteiger partial charge in [0, 0.05) is 25.0 Å². The summed E-state index contributed by atoms with van der Waals surface area (Å²) in [6, 6.07) is 6.40. The molecule has 0 atom stereocenters. The topological polar surface area (TPSA) is 50.8 Å². The van der Waals surface area contributed by atoms with Gasteiger partial charge in [-0.25, -0.2) is 4.79 Å². The number of benzene rings is 1. The first-order valence-corrected chi connectivity index (χ1v) is 8.88. The average Bonchev–Trinajstić information content (AvgIpc) is 3.07. The molecule has 0 spiro atoms. The molecule has 5 nitrogen and oxygen atoms in total. The van der Waals surface area contributed by atoms with E-state index in [0.717, 1.165) is 29.9 Å². The van der Waals surface area contributed by atoms with Crippen LogP contribution >= 0.6 is 0 Å². The van der Waals surface area contributed by atoms with Gasteiger partial charge < -0.3 is 19.7 Å². The fraction of sp³-hybridized carbons (Fsp3) is 0.632. The monoisotopic (exact) mass is 332 g/mol. The molecule has 1 N–H and O–H groups in total. The van der Waals surface area contributed by atoms with Crippen LogP contribution in [0.1, 0.15) is 51.5 Å². The van der Waals surface area contributed by atoms with Crippen LogP contribution < -0.4 is 14.8 Å². The van der Waals surface area contributed by atoms with E-state index in [1.54, 1.807) is 0 Å². The highest BCUT2D eigenvalue weighted by atomic mass is 16.7. The number of hydrogen-bond donors (Lipinski definition) is 1. The van der Waals surface area contributed by atoms with Gasteiger partial charge in [-0.15, -0.1) is 0 Å². The number of nitrogens with zero attached hydrogens (tertiary/aromatic N) is 1. The van der Waals surface area contributed by atoms with Gasteiger partial charge in [0.1, 0.15) is 0 Å². The van der Waals surface area contributed by atoms with Gasteiger partial charge in [0.2, 0.25) is 6.79 Å². The van der Waals surface area contributed by atoms with Crippen LogP contribution in [0, 0.1) is 0 Å². The number of carbonyl (C=O) groups is 1. The maximum atomic E-state index is 12.5. The summed E-state index contributed by atoms with van der Waals surface area (Å²) in [7, 11) is 1.92. The Morgan fingerprint density at radius 2 is 1.92 bits per heavy atom. The van der Waals surface area contributed by atoms with E-state index in [-0.39, 0.29) is 18.2 Å². The molecular weight excluding hydrogens is 304 g/mol. The summed E-state index contributed by atoms with van der Waals surface area (Å²) in [6.45, 7) is 5.13. The second kappa shape index (κ2) is 6.91. The van der Waals surface area contributed by atoms with Crippen molar-refractivity contribution < 1.29 is 14.3 Å². The minimum absolute atomic E-state index is 0.0238. The van der Waals surface area contributed by atoms with Gasteiger partial charge in [-0.1, -0.05) is 39.2 Å². The molecule has 1 saturated carbocycles. The Bertz CT molecular complexity index is 594. The largest absolute Gasteiger partial charge is 0.454 e. The van der Waals surface area contributed by atoms with Crippen molar-refractivity contribution in [1.82, 2.24) is 10.2 Å². The number of amides is 2. The predicted octanol–water partition coefficient (Wildman–Crippen LogP) is 3.67. The van der Waals surface area contributed by atoms with Crippen LogP contribution in [-0.2, 0) is 5.41 Å². The fourth-order valence-electron chi connectivity index (χ4n) is 3.48. The molecule has 2 amide bonds. The highest BCUT2D eigenvalue weighted by Crippen LogP contribution is 2.36. The summed E-state index contributed by atoms with van der Waals surface area (Å²) in [4.78, 5) is 14.4. The second-order valence-electron chi connectivity index (χ2n) is 7.51. The standard InChI is InChI=1S/C19H28N2O3/c1-19(2,14-9-10-16-17(11-14)24-13-23-16)12-20-18(22)21(3)15-7-5-4-6-8-15/h9-11,15H,4-8,12-13H2,1-3H3,(H,20,22). The molecule has 2 aliphatic rings. The smallest absolute Gasteiger partial charge is 0.317 e. The summed E-state index contributed by atoms with van der Waals surface area (Å²) in [5.41, 5.74) is 0.955. The van der Waals surface area contributed by atoms with E-state index < -0.39 is 0 Å². The van der Waals surface area contributed by atoms with Gasteiger partial charge in [0.25, 0.3) is 0 Å². The lowest BCUT2D eigenvalue weighted by molar-refractivity contribution is 0.172. The molecule has 0 unspecified atom stereocenters. The van der Waals surface area contributed by atoms with E-state index in [1.165, 1.54) is 19.3 Å². The Balaban J connectivity index is 1.59. The molecule has 1 aliphatic carbocycles. The second-order valence-corrected chi connectivity index (χ2v) is 7.51. The van der Waals surface area contributed by atoms with E-state index in [1.807, 2.05) is 30.1 Å². The first-order valence-electron chi connectivity index (χ1n) is 8.88. The van der Waals surface area contributed by atoms with E-state index in [4.69, 9.17) is 9.47 Å². The number of hydrogen-bond acceptors (Lipinski definition) is 3. The summed E-state index contributed by atoms with van der Waals surface area (Å²) in [5.74, 6) is 1.57. The maximum Gasteiger partial charge on any atom is 0.317 e. The summed E-state index contributed by atoms with van der Waals surface area (Å²) in [6.07, 6.45) is 5.99. The zero-order valence-corrected chi connectivity index (χ0v) is 14.9. The summed E-state index contributed by atoms with van der Waals surface area (Å²) in [5, 5.41) is 3.10. The van der Waals surface area contributed by atoms with Crippen molar-refractivity contribution in [2.24, 2.45) is 0 Å².